The summed E-state index contributed by atoms with van der Waals surface area (Å²) >= 11 is 0. The van der Waals surface area contributed by atoms with E-state index in [2.05, 4.69) is 54.8 Å². The van der Waals surface area contributed by atoms with Gasteiger partial charge in [0.15, 0.2) is 0 Å². The molecule has 2 heterocycles. The Morgan fingerprint density at radius 1 is 1.07 bits per heavy atom. The number of hydrogen-bond acceptors (Lipinski definition) is 1. The van der Waals surface area contributed by atoms with Crippen molar-refractivity contribution < 1.29 is 4.39 Å². The summed E-state index contributed by atoms with van der Waals surface area (Å²) in [5, 5.41) is 1.38. The predicted octanol–water partition coefficient (Wildman–Crippen LogP) is 5.53. The van der Waals surface area contributed by atoms with Gasteiger partial charge in [-0.2, -0.15) is 0 Å². The first-order valence-corrected chi connectivity index (χ1v) is 9.84. The number of halogens is 1. The van der Waals surface area contributed by atoms with Gasteiger partial charge in [-0.3, -0.25) is 0 Å². The number of nitrogens with zero attached hydrogens (tertiary/aromatic N) is 2. The Kier molecular flexibility index (Phi) is 4.88. The van der Waals surface area contributed by atoms with Crippen molar-refractivity contribution in [2.75, 3.05) is 20.1 Å². The van der Waals surface area contributed by atoms with Crippen LogP contribution in [-0.4, -0.2) is 29.6 Å². The molecule has 0 atom stereocenters. The second kappa shape index (κ2) is 7.32. The molecule has 0 bridgehead atoms. The van der Waals surface area contributed by atoms with Crippen molar-refractivity contribution in [3.05, 3.63) is 70.7 Å². The van der Waals surface area contributed by atoms with Gasteiger partial charge in [-0.1, -0.05) is 30.7 Å². The molecule has 1 aromatic heterocycles. The summed E-state index contributed by atoms with van der Waals surface area (Å²) in [6.45, 7) is 6.51. The largest absolute Gasteiger partial charge is 0.320 e. The molecule has 27 heavy (non-hydrogen) atoms. The molecule has 0 spiro atoms. The van der Waals surface area contributed by atoms with Gasteiger partial charge in [0.1, 0.15) is 5.82 Å². The molecular weight excluding hydrogens is 335 g/mol. The molecule has 0 radical (unpaired) electrons. The first-order chi connectivity index (χ1) is 13.1. The van der Waals surface area contributed by atoms with Crippen LogP contribution in [0.4, 0.5) is 4.39 Å². The van der Waals surface area contributed by atoms with Crippen LogP contribution >= 0.6 is 0 Å². The van der Waals surface area contributed by atoms with E-state index in [1.165, 1.54) is 33.3 Å². The molecule has 1 aliphatic rings. The molecule has 0 N–H and O–H groups in total. The highest BCUT2D eigenvalue weighted by Crippen LogP contribution is 2.32. The van der Waals surface area contributed by atoms with Crippen LogP contribution in [0.25, 0.3) is 22.7 Å². The Hall–Kier alpha value is -2.39. The summed E-state index contributed by atoms with van der Waals surface area (Å²) in [4.78, 5) is 2.41. The Balaban J connectivity index is 1.91. The summed E-state index contributed by atoms with van der Waals surface area (Å²) in [5.74, 6) is -0.187. The second-order valence-electron chi connectivity index (χ2n) is 7.63. The second-order valence-corrected chi connectivity index (χ2v) is 7.63. The van der Waals surface area contributed by atoms with Crippen LogP contribution in [-0.2, 0) is 12.8 Å². The van der Waals surface area contributed by atoms with E-state index >= 15 is 0 Å². The standard InChI is InChI=1S/C24H27FN2/c1-4-18(19-6-8-20(25)9-7-19)16-27-23-10-5-17(2)15-22(23)21-11-13-26(3)14-12-24(21)27/h5-10,15-16H,4,11-14H2,1-3H3. The van der Waals surface area contributed by atoms with E-state index in [9.17, 15) is 4.39 Å². The summed E-state index contributed by atoms with van der Waals surface area (Å²) in [6, 6.07) is 13.6. The Bertz CT molecular complexity index is 995. The molecule has 1 aliphatic heterocycles. The number of aryl methyl sites for hydroxylation is 1. The quantitative estimate of drug-likeness (QED) is 0.595. The zero-order chi connectivity index (χ0) is 19.0. The van der Waals surface area contributed by atoms with Gasteiger partial charge in [0, 0.05) is 36.8 Å². The third-order valence-electron chi connectivity index (χ3n) is 5.73. The molecule has 0 saturated heterocycles. The number of rotatable bonds is 3. The first-order valence-electron chi connectivity index (χ1n) is 9.84. The van der Waals surface area contributed by atoms with Crippen LogP contribution in [0.3, 0.4) is 0 Å². The molecule has 4 rings (SSSR count). The van der Waals surface area contributed by atoms with Gasteiger partial charge in [-0.15, -0.1) is 0 Å². The highest BCUT2D eigenvalue weighted by atomic mass is 19.1. The van der Waals surface area contributed by atoms with Crippen molar-refractivity contribution in [1.29, 1.82) is 0 Å². The van der Waals surface area contributed by atoms with Crippen molar-refractivity contribution in [1.82, 2.24) is 9.47 Å². The lowest BCUT2D eigenvalue weighted by Gasteiger charge is -2.13. The highest BCUT2D eigenvalue weighted by Gasteiger charge is 2.20. The summed E-state index contributed by atoms with van der Waals surface area (Å²) in [5.41, 5.74) is 7.82. The normalized spacial score (nSPS) is 15.8. The number of allylic oxidation sites excluding steroid dienone is 1. The van der Waals surface area contributed by atoms with Gasteiger partial charge >= 0.3 is 0 Å². The van der Waals surface area contributed by atoms with Crippen molar-refractivity contribution in [3.8, 4) is 0 Å². The van der Waals surface area contributed by atoms with E-state index < -0.39 is 0 Å². The van der Waals surface area contributed by atoms with Crippen LogP contribution in [0, 0.1) is 12.7 Å². The third kappa shape index (κ3) is 3.44. The van der Waals surface area contributed by atoms with Gasteiger partial charge in [-0.25, -0.2) is 4.39 Å². The molecule has 2 nitrogen and oxygen atoms in total. The van der Waals surface area contributed by atoms with E-state index in [0.29, 0.717) is 0 Å². The van der Waals surface area contributed by atoms with Gasteiger partial charge in [0.2, 0.25) is 0 Å². The maximum atomic E-state index is 13.4. The van der Waals surface area contributed by atoms with Gasteiger partial charge in [-0.05, 0) is 67.8 Å². The van der Waals surface area contributed by atoms with E-state index in [1.54, 1.807) is 12.1 Å². The number of aromatic nitrogens is 1. The topological polar surface area (TPSA) is 8.17 Å². The highest BCUT2D eigenvalue weighted by molar-refractivity contribution is 5.90. The lowest BCUT2D eigenvalue weighted by atomic mass is 10.0. The molecule has 0 unspecified atom stereocenters. The van der Waals surface area contributed by atoms with Crippen molar-refractivity contribution >= 4 is 22.7 Å². The third-order valence-corrected chi connectivity index (χ3v) is 5.73. The first kappa shape index (κ1) is 18.0. The summed E-state index contributed by atoms with van der Waals surface area (Å²) < 4.78 is 15.7. The molecular formula is C24H27FN2. The monoisotopic (exact) mass is 362 g/mol. The lowest BCUT2D eigenvalue weighted by molar-refractivity contribution is 0.351. The number of benzene rings is 2. The fourth-order valence-corrected chi connectivity index (χ4v) is 4.15. The zero-order valence-electron chi connectivity index (χ0n) is 16.4. The van der Waals surface area contributed by atoms with Crippen molar-refractivity contribution in [3.63, 3.8) is 0 Å². The van der Waals surface area contributed by atoms with E-state index in [0.717, 1.165) is 37.9 Å². The van der Waals surface area contributed by atoms with Crippen molar-refractivity contribution in [2.24, 2.45) is 0 Å². The molecule has 0 amide bonds. The molecule has 3 aromatic rings. The van der Waals surface area contributed by atoms with Crippen LogP contribution in [0.2, 0.25) is 0 Å². The minimum absolute atomic E-state index is 0.187. The molecule has 140 valence electrons. The van der Waals surface area contributed by atoms with E-state index in [1.807, 2.05) is 12.1 Å². The van der Waals surface area contributed by atoms with Crippen LogP contribution in [0.1, 0.15) is 35.7 Å². The van der Waals surface area contributed by atoms with Gasteiger partial charge in [0.25, 0.3) is 0 Å². The van der Waals surface area contributed by atoms with Crippen LogP contribution in [0.5, 0.6) is 0 Å². The zero-order valence-corrected chi connectivity index (χ0v) is 16.4. The average molecular weight is 362 g/mol. The lowest BCUT2D eigenvalue weighted by Crippen LogP contribution is -2.21. The maximum absolute atomic E-state index is 13.4. The van der Waals surface area contributed by atoms with Crippen LogP contribution < -0.4 is 0 Å². The molecule has 0 fully saturated rings. The number of likely N-dealkylation sites (N-methyl/N-ethyl adjacent to an activating group) is 1. The van der Waals surface area contributed by atoms with Crippen LogP contribution in [0.15, 0.2) is 42.5 Å². The van der Waals surface area contributed by atoms with E-state index in [4.69, 9.17) is 0 Å². The fraction of sp³-hybridized carbons (Fsp3) is 0.333. The Morgan fingerprint density at radius 2 is 1.81 bits per heavy atom. The molecule has 3 heteroatoms. The number of hydrogen-bond donors (Lipinski definition) is 0. The predicted molar refractivity (Wildman–Crippen MR) is 112 cm³/mol. The fourth-order valence-electron chi connectivity index (χ4n) is 4.15. The minimum atomic E-state index is -0.187. The smallest absolute Gasteiger partial charge is 0.123 e. The van der Waals surface area contributed by atoms with E-state index in [-0.39, 0.29) is 5.82 Å². The minimum Gasteiger partial charge on any atom is -0.320 e. The van der Waals surface area contributed by atoms with Gasteiger partial charge in [0.05, 0.1) is 5.52 Å². The molecule has 0 aliphatic carbocycles. The Labute approximate surface area is 160 Å². The SMILES string of the molecule is CCC(=Cn1c2c(c3cc(C)ccc31)CCN(C)CC2)c1ccc(F)cc1. The summed E-state index contributed by atoms with van der Waals surface area (Å²) in [7, 11) is 2.20. The number of fused-ring (bicyclic) bond motifs is 3. The van der Waals surface area contributed by atoms with Gasteiger partial charge < -0.3 is 9.47 Å². The van der Waals surface area contributed by atoms with Crippen molar-refractivity contribution in [2.45, 2.75) is 33.1 Å². The Morgan fingerprint density at radius 3 is 2.56 bits per heavy atom. The average Bonchev–Trinajstić information content (AvgIpc) is 2.80. The molecule has 0 saturated carbocycles. The molecule has 2 aromatic carbocycles. The maximum Gasteiger partial charge on any atom is 0.123 e. The summed E-state index contributed by atoms with van der Waals surface area (Å²) in [6.07, 6.45) is 5.32.